The highest BCUT2D eigenvalue weighted by Gasteiger charge is 2.23. The highest BCUT2D eigenvalue weighted by atomic mass is 35.5. The lowest BCUT2D eigenvalue weighted by Crippen LogP contribution is -2.43. The maximum Gasteiger partial charge on any atom is 0.0767 e. The van der Waals surface area contributed by atoms with Crippen molar-refractivity contribution in [1.29, 1.82) is 0 Å². The summed E-state index contributed by atoms with van der Waals surface area (Å²) in [7, 11) is 0. The third-order valence-corrected chi connectivity index (χ3v) is 2.91. The van der Waals surface area contributed by atoms with E-state index in [-0.39, 0.29) is 0 Å². The minimum Gasteiger partial charge on any atom is -0.389 e. The summed E-state index contributed by atoms with van der Waals surface area (Å²) in [5.41, 5.74) is 1.34. The van der Waals surface area contributed by atoms with Crippen LogP contribution in [0.4, 0.5) is 11.4 Å². The largest absolute Gasteiger partial charge is 0.389 e. The molecule has 1 aromatic carbocycles. The number of halogens is 1. The van der Waals surface area contributed by atoms with Crippen molar-refractivity contribution in [2.75, 3.05) is 29.9 Å². The summed E-state index contributed by atoms with van der Waals surface area (Å²) in [6, 6.07) is 5.84. The average molecular weight is 241 g/mol. The van der Waals surface area contributed by atoms with Crippen LogP contribution in [0.25, 0.3) is 0 Å². The topological polar surface area (TPSA) is 35.5 Å². The zero-order chi connectivity index (χ0) is 11.8. The number of fused-ring (bicyclic) bond motifs is 1. The molecule has 3 nitrogen and oxygen atoms in total. The van der Waals surface area contributed by atoms with Gasteiger partial charge in [-0.25, -0.2) is 0 Å². The fourth-order valence-electron chi connectivity index (χ4n) is 2.02. The Bertz CT molecular complexity index is 387. The second-order valence-electron chi connectivity index (χ2n) is 4.79. The molecule has 0 fully saturated rings. The lowest BCUT2D eigenvalue weighted by atomic mass is 10.1. The summed E-state index contributed by atoms with van der Waals surface area (Å²) in [4.78, 5) is 2.16. The zero-order valence-corrected chi connectivity index (χ0v) is 10.4. The number of para-hydroxylation sites is 1. The first-order chi connectivity index (χ1) is 7.47. The van der Waals surface area contributed by atoms with Crippen LogP contribution < -0.4 is 10.2 Å². The lowest BCUT2D eigenvalue weighted by molar-refractivity contribution is 0.0874. The molecule has 2 rings (SSSR count). The second-order valence-corrected chi connectivity index (χ2v) is 5.20. The van der Waals surface area contributed by atoms with Gasteiger partial charge in [0.25, 0.3) is 0 Å². The standard InChI is InChI=1S/C12H17ClN2O/c1-12(2,16)8-15-7-6-14-11-9(13)4-3-5-10(11)15/h3-5,14,16H,6-8H2,1-2H3. The number of hydrogen-bond acceptors (Lipinski definition) is 3. The van der Waals surface area contributed by atoms with Gasteiger partial charge in [0.15, 0.2) is 0 Å². The van der Waals surface area contributed by atoms with Gasteiger partial charge in [0, 0.05) is 19.6 Å². The van der Waals surface area contributed by atoms with Gasteiger partial charge in [0.05, 0.1) is 22.0 Å². The quantitative estimate of drug-likeness (QED) is 0.833. The van der Waals surface area contributed by atoms with Crippen LogP contribution in [-0.4, -0.2) is 30.3 Å². The fraction of sp³-hybridized carbons (Fsp3) is 0.500. The van der Waals surface area contributed by atoms with Crippen LogP contribution >= 0.6 is 11.6 Å². The Morgan fingerprint density at radius 2 is 2.25 bits per heavy atom. The van der Waals surface area contributed by atoms with E-state index in [9.17, 15) is 5.11 Å². The monoisotopic (exact) mass is 240 g/mol. The average Bonchev–Trinajstić information content (AvgIpc) is 2.17. The van der Waals surface area contributed by atoms with Crippen LogP contribution in [0.3, 0.4) is 0 Å². The van der Waals surface area contributed by atoms with E-state index in [1.54, 1.807) is 0 Å². The molecule has 2 N–H and O–H groups in total. The molecule has 0 radical (unpaired) electrons. The van der Waals surface area contributed by atoms with Gasteiger partial charge in [0.2, 0.25) is 0 Å². The number of nitrogens with zero attached hydrogens (tertiary/aromatic N) is 1. The molecule has 0 unspecified atom stereocenters. The van der Waals surface area contributed by atoms with E-state index in [4.69, 9.17) is 11.6 Å². The van der Waals surface area contributed by atoms with Crippen molar-refractivity contribution in [3.05, 3.63) is 23.2 Å². The van der Waals surface area contributed by atoms with Gasteiger partial charge in [-0.2, -0.15) is 0 Å². The van der Waals surface area contributed by atoms with E-state index in [2.05, 4.69) is 10.2 Å². The first kappa shape index (κ1) is 11.6. The molecule has 0 spiro atoms. The SMILES string of the molecule is CC(C)(O)CN1CCNc2c(Cl)cccc21. The minimum absolute atomic E-state index is 0.613. The van der Waals surface area contributed by atoms with Crippen LogP contribution in [0.5, 0.6) is 0 Å². The first-order valence-electron chi connectivity index (χ1n) is 5.47. The van der Waals surface area contributed by atoms with Crippen molar-refractivity contribution in [2.24, 2.45) is 0 Å². The molecule has 1 aliphatic heterocycles. The number of β-amino-alcohol motifs (C(OH)–C–C–N with tert-alkyl or cyclic N) is 1. The summed E-state index contributed by atoms with van der Waals surface area (Å²) >= 11 is 6.13. The van der Waals surface area contributed by atoms with E-state index in [1.165, 1.54) is 0 Å². The molecule has 0 amide bonds. The highest BCUT2D eigenvalue weighted by Crippen LogP contribution is 2.35. The third kappa shape index (κ3) is 2.42. The number of anilines is 2. The van der Waals surface area contributed by atoms with Gasteiger partial charge in [-0.15, -0.1) is 0 Å². The minimum atomic E-state index is -0.697. The Morgan fingerprint density at radius 3 is 2.94 bits per heavy atom. The predicted molar refractivity (Wildman–Crippen MR) is 68.5 cm³/mol. The molecule has 0 aliphatic carbocycles. The van der Waals surface area contributed by atoms with E-state index in [1.807, 2.05) is 32.0 Å². The highest BCUT2D eigenvalue weighted by molar-refractivity contribution is 6.34. The smallest absolute Gasteiger partial charge is 0.0767 e. The molecule has 0 atom stereocenters. The Labute approximate surface area is 101 Å². The van der Waals surface area contributed by atoms with Crippen molar-refractivity contribution in [3.63, 3.8) is 0 Å². The Balaban J connectivity index is 2.30. The maximum atomic E-state index is 9.87. The van der Waals surface area contributed by atoms with Gasteiger partial charge >= 0.3 is 0 Å². The second kappa shape index (κ2) is 4.15. The fourth-order valence-corrected chi connectivity index (χ4v) is 2.26. The lowest BCUT2D eigenvalue weighted by Gasteiger charge is -2.36. The number of aliphatic hydroxyl groups is 1. The van der Waals surface area contributed by atoms with E-state index in [0.717, 1.165) is 29.5 Å². The number of nitrogens with one attached hydrogen (secondary N) is 1. The van der Waals surface area contributed by atoms with E-state index < -0.39 is 5.60 Å². The van der Waals surface area contributed by atoms with Gasteiger partial charge in [-0.05, 0) is 26.0 Å². The molecule has 1 aromatic rings. The molecule has 4 heteroatoms. The molecule has 88 valence electrons. The Kier molecular flexibility index (Phi) is 3.00. The first-order valence-corrected chi connectivity index (χ1v) is 5.85. The van der Waals surface area contributed by atoms with Crippen molar-refractivity contribution in [1.82, 2.24) is 0 Å². The van der Waals surface area contributed by atoms with Gasteiger partial charge < -0.3 is 15.3 Å². The maximum absolute atomic E-state index is 9.87. The third-order valence-electron chi connectivity index (χ3n) is 2.59. The molecule has 16 heavy (non-hydrogen) atoms. The molecule has 1 aliphatic rings. The summed E-state index contributed by atoms with van der Waals surface area (Å²) in [6.07, 6.45) is 0. The molecule has 0 aromatic heterocycles. The zero-order valence-electron chi connectivity index (χ0n) is 9.63. The normalized spacial score (nSPS) is 15.6. The summed E-state index contributed by atoms with van der Waals surface area (Å²) in [5, 5.41) is 13.9. The summed E-state index contributed by atoms with van der Waals surface area (Å²) < 4.78 is 0. The van der Waals surface area contributed by atoms with E-state index >= 15 is 0 Å². The van der Waals surface area contributed by atoms with Crippen LogP contribution in [0.15, 0.2) is 18.2 Å². The molecule has 0 saturated carbocycles. The Morgan fingerprint density at radius 1 is 1.50 bits per heavy atom. The number of rotatable bonds is 2. The van der Waals surface area contributed by atoms with Crippen LogP contribution in [0.2, 0.25) is 5.02 Å². The van der Waals surface area contributed by atoms with E-state index in [0.29, 0.717) is 6.54 Å². The molecular formula is C12H17ClN2O. The predicted octanol–water partition coefficient (Wildman–Crippen LogP) is 2.34. The van der Waals surface area contributed by atoms with Gasteiger partial charge in [-0.3, -0.25) is 0 Å². The van der Waals surface area contributed by atoms with Crippen molar-refractivity contribution in [2.45, 2.75) is 19.4 Å². The Hall–Kier alpha value is -0.930. The van der Waals surface area contributed by atoms with Crippen molar-refractivity contribution >= 4 is 23.0 Å². The van der Waals surface area contributed by atoms with Gasteiger partial charge in [-0.1, -0.05) is 17.7 Å². The van der Waals surface area contributed by atoms with Crippen LogP contribution in [0, 0.1) is 0 Å². The summed E-state index contributed by atoms with van der Waals surface area (Å²) in [6.45, 7) is 5.99. The van der Waals surface area contributed by atoms with Gasteiger partial charge in [0.1, 0.15) is 0 Å². The molecule has 0 bridgehead atoms. The number of benzene rings is 1. The molecule has 1 heterocycles. The van der Waals surface area contributed by atoms with Crippen LogP contribution in [-0.2, 0) is 0 Å². The number of hydrogen-bond donors (Lipinski definition) is 2. The molecule has 0 saturated heterocycles. The van der Waals surface area contributed by atoms with Crippen LogP contribution in [0.1, 0.15) is 13.8 Å². The van der Waals surface area contributed by atoms with Crippen molar-refractivity contribution in [3.8, 4) is 0 Å². The summed E-state index contributed by atoms with van der Waals surface area (Å²) in [5.74, 6) is 0. The molecular weight excluding hydrogens is 224 g/mol. The van der Waals surface area contributed by atoms with Crippen molar-refractivity contribution < 1.29 is 5.11 Å².